The molecule has 0 aliphatic rings. The van der Waals surface area contributed by atoms with Crippen molar-refractivity contribution in [3.8, 4) is 0 Å². The highest BCUT2D eigenvalue weighted by Crippen LogP contribution is 2.30. The molecular weight excluding hydrogens is 298 g/mol. The fourth-order valence-corrected chi connectivity index (χ4v) is 2.80. The Morgan fingerprint density at radius 1 is 1.05 bits per heavy atom. The quantitative estimate of drug-likeness (QED) is 0.742. The second-order valence-corrected chi connectivity index (χ2v) is 7.28. The molecule has 1 atom stereocenters. The summed E-state index contributed by atoms with van der Waals surface area (Å²) in [6, 6.07) is 8.83. The molecule has 108 valence electrons. The Labute approximate surface area is 127 Å². The minimum atomic E-state index is 0.180. The molecule has 1 rings (SSSR count). The molecule has 0 saturated heterocycles. The van der Waals surface area contributed by atoms with Gasteiger partial charge in [0.25, 0.3) is 0 Å². The molecule has 19 heavy (non-hydrogen) atoms. The Kier molecular flexibility index (Phi) is 6.55. The van der Waals surface area contributed by atoms with Gasteiger partial charge < -0.3 is 5.32 Å². The molecule has 0 bridgehead atoms. The van der Waals surface area contributed by atoms with E-state index in [4.69, 9.17) is 0 Å². The predicted octanol–water partition coefficient (Wildman–Crippen LogP) is 5.36. The van der Waals surface area contributed by atoms with E-state index in [2.05, 4.69) is 80.1 Å². The lowest BCUT2D eigenvalue weighted by Gasteiger charge is -2.30. The van der Waals surface area contributed by atoms with Crippen LogP contribution >= 0.6 is 15.9 Å². The standard InChI is InChI=1S/C17H28BrN/c1-6-13(7-2)16(12-19-17(3,4)5)14-8-10-15(18)11-9-14/h8-11,13,16,19H,6-7,12H2,1-5H3. The van der Waals surface area contributed by atoms with Crippen LogP contribution in [0.5, 0.6) is 0 Å². The first-order valence-corrected chi connectivity index (χ1v) is 8.17. The highest BCUT2D eigenvalue weighted by Gasteiger charge is 2.22. The van der Waals surface area contributed by atoms with Crippen LogP contribution in [0.4, 0.5) is 0 Å². The van der Waals surface area contributed by atoms with E-state index in [0.29, 0.717) is 5.92 Å². The summed E-state index contributed by atoms with van der Waals surface area (Å²) in [5.74, 6) is 1.35. The molecule has 0 heterocycles. The van der Waals surface area contributed by atoms with Crippen LogP contribution in [0.3, 0.4) is 0 Å². The van der Waals surface area contributed by atoms with Gasteiger partial charge in [0.2, 0.25) is 0 Å². The van der Waals surface area contributed by atoms with E-state index in [-0.39, 0.29) is 5.54 Å². The SMILES string of the molecule is CCC(CC)C(CNC(C)(C)C)c1ccc(Br)cc1. The van der Waals surface area contributed by atoms with Crippen molar-refractivity contribution >= 4 is 15.9 Å². The van der Waals surface area contributed by atoms with Crippen molar-refractivity contribution in [3.63, 3.8) is 0 Å². The van der Waals surface area contributed by atoms with Crippen molar-refractivity contribution in [2.45, 2.75) is 58.9 Å². The molecule has 1 aromatic rings. The monoisotopic (exact) mass is 325 g/mol. The van der Waals surface area contributed by atoms with Crippen LogP contribution in [0.25, 0.3) is 0 Å². The molecular formula is C17H28BrN. The van der Waals surface area contributed by atoms with Crippen molar-refractivity contribution in [1.29, 1.82) is 0 Å². The van der Waals surface area contributed by atoms with Crippen LogP contribution in [-0.2, 0) is 0 Å². The van der Waals surface area contributed by atoms with E-state index < -0.39 is 0 Å². The summed E-state index contributed by atoms with van der Waals surface area (Å²) in [6.07, 6.45) is 2.48. The summed E-state index contributed by atoms with van der Waals surface area (Å²) < 4.78 is 1.16. The zero-order valence-corrected chi connectivity index (χ0v) is 14.5. The minimum absolute atomic E-state index is 0.180. The topological polar surface area (TPSA) is 12.0 Å². The highest BCUT2D eigenvalue weighted by molar-refractivity contribution is 9.10. The zero-order valence-electron chi connectivity index (χ0n) is 13.0. The zero-order chi connectivity index (χ0) is 14.5. The average molecular weight is 326 g/mol. The van der Waals surface area contributed by atoms with Gasteiger partial charge in [0.05, 0.1) is 0 Å². The summed E-state index contributed by atoms with van der Waals surface area (Å²) in [5, 5.41) is 3.67. The number of nitrogens with one attached hydrogen (secondary N) is 1. The second kappa shape index (κ2) is 7.44. The van der Waals surface area contributed by atoms with Crippen molar-refractivity contribution in [3.05, 3.63) is 34.3 Å². The second-order valence-electron chi connectivity index (χ2n) is 6.37. The van der Waals surface area contributed by atoms with Crippen molar-refractivity contribution < 1.29 is 0 Å². The molecule has 0 aliphatic heterocycles. The Balaban J connectivity index is 2.88. The van der Waals surface area contributed by atoms with Crippen molar-refractivity contribution in [2.24, 2.45) is 5.92 Å². The molecule has 1 N–H and O–H groups in total. The number of benzene rings is 1. The van der Waals surface area contributed by atoms with E-state index in [1.54, 1.807) is 0 Å². The van der Waals surface area contributed by atoms with E-state index in [1.165, 1.54) is 18.4 Å². The first kappa shape index (κ1) is 16.7. The van der Waals surface area contributed by atoms with Crippen molar-refractivity contribution in [2.75, 3.05) is 6.54 Å². The molecule has 0 fully saturated rings. The Hall–Kier alpha value is -0.340. The van der Waals surface area contributed by atoms with Crippen LogP contribution < -0.4 is 5.32 Å². The summed E-state index contributed by atoms with van der Waals surface area (Å²) in [6.45, 7) is 12.4. The summed E-state index contributed by atoms with van der Waals surface area (Å²) in [5.41, 5.74) is 1.63. The summed E-state index contributed by atoms with van der Waals surface area (Å²) >= 11 is 3.52. The number of hydrogen-bond acceptors (Lipinski definition) is 1. The third kappa shape index (κ3) is 5.66. The highest BCUT2D eigenvalue weighted by atomic mass is 79.9. The fourth-order valence-electron chi connectivity index (χ4n) is 2.54. The Morgan fingerprint density at radius 3 is 2.00 bits per heavy atom. The normalized spacial score (nSPS) is 13.8. The Bertz CT molecular complexity index is 360. The van der Waals surface area contributed by atoms with Crippen molar-refractivity contribution in [1.82, 2.24) is 5.32 Å². The van der Waals surface area contributed by atoms with Gasteiger partial charge in [-0.3, -0.25) is 0 Å². The van der Waals surface area contributed by atoms with Gasteiger partial charge in [-0.05, 0) is 50.3 Å². The average Bonchev–Trinajstić information content (AvgIpc) is 2.35. The molecule has 0 amide bonds. The predicted molar refractivity (Wildman–Crippen MR) is 88.7 cm³/mol. The van der Waals surface area contributed by atoms with E-state index in [1.807, 2.05) is 0 Å². The first-order valence-electron chi connectivity index (χ1n) is 7.37. The van der Waals surface area contributed by atoms with E-state index >= 15 is 0 Å². The molecule has 0 spiro atoms. The maximum absolute atomic E-state index is 3.67. The third-order valence-electron chi connectivity index (χ3n) is 3.77. The van der Waals surface area contributed by atoms with Crippen LogP contribution in [0.2, 0.25) is 0 Å². The fraction of sp³-hybridized carbons (Fsp3) is 0.647. The van der Waals surface area contributed by atoms with Gasteiger partial charge in [0.15, 0.2) is 0 Å². The van der Waals surface area contributed by atoms with Gasteiger partial charge in [-0.1, -0.05) is 54.8 Å². The number of hydrogen-bond donors (Lipinski definition) is 1. The largest absolute Gasteiger partial charge is 0.311 e. The Morgan fingerprint density at radius 2 is 1.58 bits per heavy atom. The van der Waals surface area contributed by atoms with Crippen LogP contribution in [-0.4, -0.2) is 12.1 Å². The van der Waals surface area contributed by atoms with Gasteiger partial charge in [0.1, 0.15) is 0 Å². The molecule has 0 aromatic heterocycles. The minimum Gasteiger partial charge on any atom is -0.311 e. The lowest BCUT2D eigenvalue weighted by atomic mass is 9.82. The molecule has 2 heteroatoms. The number of rotatable bonds is 6. The molecule has 1 aromatic carbocycles. The summed E-state index contributed by atoms with van der Waals surface area (Å²) in [7, 11) is 0. The lowest BCUT2D eigenvalue weighted by molar-refractivity contribution is 0.335. The van der Waals surface area contributed by atoms with Gasteiger partial charge in [-0.25, -0.2) is 0 Å². The van der Waals surface area contributed by atoms with E-state index in [0.717, 1.165) is 16.9 Å². The maximum Gasteiger partial charge on any atom is 0.0175 e. The molecule has 0 radical (unpaired) electrons. The number of halogens is 1. The van der Waals surface area contributed by atoms with Gasteiger partial charge in [-0.2, -0.15) is 0 Å². The molecule has 1 nitrogen and oxygen atoms in total. The van der Waals surface area contributed by atoms with Gasteiger partial charge in [0, 0.05) is 16.6 Å². The molecule has 0 saturated carbocycles. The summed E-state index contributed by atoms with van der Waals surface area (Å²) in [4.78, 5) is 0. The van der Waals surface area contributed by atoms with Gasteiger partial charge in [-0.15, -0.1) is 0 Å². The smallest absolute Gasteiger partial charge is 0.0175 e. The van der Waals surface area contributed by atoms with Crippen LogP contribution in [0.15, 0.2) is 28.7 Å². The molecule has 1 unspecified atom stereocenters. The lowest BCUT2D eigenvalue weighted by Crippen LogP contribution is -2.40. The third-order valence-corrected chi connectivity index (χ3v) is 4.30. The van der Waals surface area contributed by atoms with Gasteiger partial charge >= 0.3 is 0 Å². The van der Waals surface area contributed by atoms with E-state index in [9.17, 15) is 0 Å². The maximum atomic E-state index is 3.67. The van der Waals surface area contributed by atoms with Crippen LogP contribution in [0, 0.1) is 5.92 Å². The molecule has 0 aliphatic carbocycles. The van der Waals surface area contributed by atoms with Crippen LogP contribution in [0.1, 0.15) is 58.9 Å². The first-order chi connectivity index (χ1) is 8.87.